The molecular formula is C14H11ClN2O. The maximum absolute atomic E-state index is 5.93. The molecule has 0 fully saturated rings. The highest BCUT2D eigenvalue weighted by molar-refractivity contribution is 6.31. The van der Waals surface area contributed by atoms with Crippen molar-refractivity contribution in [3.05, 3.63) is 47.0 Å². The van der Waals surface area contributed by atoms with Crippen molar-refractivity contribution >= 4 is 28.4 Å². The van der Waals surface area contributed by atoms with Crippen molar-refractivity contribution in [2.75, 3.05) is 5.73 Å². The molecule has 0 aliphatic rings. The van der Waals surface area contributed by atoms with Gasteiger partial charge in [0.25, 0.3) is 0 Å². The van der Waals surface area contributed by atoms with Crippen molar-refractivity contribution < 1.29 is 4.42 Å². The Morgan fingerprint density at radius 3 is 2.83 bits per heavy atom. The van der Waals surface area contributed by atoms with Crippen LogP contribution >= 0.6 is 11.6 Å². The summed E-state index contributed by atoms with van der Waals surface area (Å²) in [5, 5.41) is 0.645. The SMILES string of the molecule is Cc1ccc(N)cc1-c1nc2cc(Cl)ccc2o1. The molecule has 0 unspecified atom stereocenters. The molecule has 3 rings (SSSR count). The summed E-state index contributed by atoms with van der Waals surface area (Å²) in [6.45, 7) is 2.00. The van der Waals surface area contributed by atoms with Crippen LogP contribution in [-0.4, -0.2) is 4.98 Å². The van der Waals surface area contributed by atoms with Gasteiger partial charge in [-0.15, -0.1) is 0 Å². The number of anilines is 1. The minimum Gasteiger partial charge on any atom is -0.436 e. The third kappa shape index (κ3) is 1.83. The van der Waals surface area contributed by atoms with Crippen LogP contribution in [0.2, 0.25) is 5.02 Å². The van der Waals surface area contributed by atoms with Gasteiger partial charge in [-0.3, -0.25) is 0 Å². The molecule has 18 heavy (non-hydrogen) atoms. The summed E-state index contributed by atoms with van der Waals surface area (Å²) in [5.41, 5.74) is 9.93. The number of benzene rings is 2. The molecule has 4 heteroatoms. The van der Waals surface area contributed by atoms with Gasteiger partial charge in [-0.2, -0.15) is 0 Å². The summed E-state index contributed by atoms with van der Waals surface area (Å²) >= 11 is 5.93. The van der Waals surface area contributed by atoms with Crippen LogP contribution in [0.1, 0.15) is 5.56 Å². The Labute approximate surface area is 109 Å². The summed E-state index contributed by atoms with van der Waals surface area (Å²) in [6, 6.07) is 11.1. The zero-order valence-corrected chi connectivity index (χ0v) is 10.5. The summed E-state index contributed by atoms with van der Waals surface area (Å²) in [5.74, 6) is 0.567. The molecule has 0 aliphatic carbocycles. The third-order valence-electron chi connectivity index (χ3n) is 2.84. The Bertz CT molecular complexity index is 734. The lowest BCUT2D eigenvalue weighted by Gasteiger charge is -2.01. The highest BCUT2D eigenvalue weighted by Gasteiger charge is 2.11. The van der Waals surface area contributed by atoms with Crippen LogP contribution in [-0.2, 0) is 0 Å². The minimum absolute atomic E-state index is 0.567. The average molecular weight is 259 g/mol. The Balaban J connectivity index is 2.22. The highest BCUT2D eigenvalue weighted by atomic mass is 35.5. The predicted molar refractivity (Wildman–Crippen MR) is 73.6 cm³/mol. The molecule has 2 N–H and O–H groups in total. The van der Waals surface area contributed by atoms with Gasteiger partial charge in [0.1, 0.15) is 5.52 Å². The fourth-order valence-electron chi connectivity index (χ4n) is 1.89. The molecular weight excluding hydrogens is 248 g/mol. The molecule has 0 bridgehead atoms. The van der Waals surface area contributed by atoms with Gasteiger partial charge in [0.2, 0.25) is 5.89 Å². The van der Waals surface area contributed by atoms with Gasteiger partial charge in [0.05, 0.1) is 0 Å². The number of halogens is 1. The molecule has 0 radical (unpaired) electrons. The van der Waals surface area contributed by atoms with Crippen LogP contribution in [0.25, 0.3) is 22.6 Å². The number of hydrogen-bond acceptors (Lipinski definition) is 3. The maximum atomic E-state index is 5.93. The van der Waals surface area contributed by atoms with E-state index in [2.05, 4.69) is 4.98 Å². The Morgan fingerprint density at radius 1 is 1.17 bits per heavy atom. The molecule has 2 aromatic carbocycles. The van der Waals surface area contributed by atoms with E-state index in [-0.39, 0.29) is 0 Å². The first-order valence-electron chi connectivity index (χ1n) is 5.56. The quantitative estimate of drug-likeness (QED) is 0.670. The first-order valence-corrected chi connectivity index (χ1v) is 5.94. The lowest BCUT2D eigenvalue weighted by molar-refractivity contribution is 0.619. The van der Waals surface area contributed by atoms with E-state index in [1.54, 1.807) is 12.1 Å². The maximum Gasteiger partial charge on any atom is 0.227 e. The zero-order chi connectivity index (χ0) is 12.7. The van der Waals surface area contributed by atoms with Crippen molar-refractivity contribution in [1.29, 1.82) is 0 Å². The molecule has 3 aromatic rings. The Kier molecular flexibility index (Phi) is 2.49. The van der Waals surface area contributed by atoms with E-state index in [9.17, 15) is 0 Å². The second-order valence-corrected chi connectivity index (χ2v) is 4.64. The Hall–Kier alpha value is -2.00. The zero-order valence-electron chi connectivity index (χ0n) is 9.77. The number of fused-ring (bicyclic) bond motifs is 1. The van der Waals surface area contributed by atoms with Gasteiger partial charge in [0.15, 0.2) is 5.58 Å². The van der Waals surface area contributed by atoms with Gasteiger partial charge in [-0.1, -0.05) is 17.7 Å². The number of aryl methyl sites for hydroxylation is 1. The van der Waals surface area contributed by atoms with Crippen molar-refractivity contribution in [3.63, 3.8) is 0 Å². The molecule has 1 aromatic heterocycles. The van der Waals surface area contributed by atoms with Crippen LogP contribution in [0, 0.1) is 6.92 Å². The van der Waals surface area contributed by atoms with Crippen molar-refractivity contribution in [2.45, 2.75) is 6.92 Å². The fraction of sp³-hybridized carbons (Fsp3) is 0.0714. The summed E-state index contributed by atoms with van der Waals surface area (Å²) in [7, 11) is 0. The van der Waals surface area contributed by atoms with Gasteiger partial charge in [0, 0.05) is 16.3 Å². The van der Waals surface area contributed by atoms with Crippen molar-refractivity contribution in [1.82, 2.24) is 4.98 Å². The molecule has 0 amide bonds. The highest BCUT2D eigenvalue weighted by Crippen LogP contribution is 2.29. The van der Waals surface area contributed by atoms with Crippen molar-refractivity contribution in [2.24, 2.45) is 0 Å². The lowest BCUT2D eigenvalue weighted by Crippen LogP contribution is -1.88. The van der Waals surface area contributed by atoms with Gasteiger partial charge in [-0.25, -0.2) is 4.98 Å². The molecule has 0 spiro atoms. The van der Waals surface area contributed by atoms with E-state index in [0.717, 1.165) is 22.2 Å². The molecule has 0 aliphatic heterocycles. The molecule has 3 nitrogen and oxygen atoms in total. The minimum atomic E-state index is 0.567. The van der Waals surface area contributed by atoms with E-state index < -0.39 is 0 Å². The monoisotopic (exact) mass is 258 g/mol. The van der Waals surface area contributed by atoms with Crippen molar-refractivity contribution in [3.8, 4) is 11.5 Å². The molecule has 0 saturated heterocycles. The number of nitrogens with two attached hydrogens (primary N) is 1. The number of nitrogens with zero attached hydrogens (tertiary/aromatic N) is 1. The second kappa shape index (κ2) is 4.03. The lowest BCUT2D eigenvalue weighted by atomic mass is 10.1. The predicted octanol–water partition coefficient (Wildman–Crippen LogP) is 4.04. The summed E-state index contributed by atoms with van der Waals surface area (Å²) < 4.78 is 5.72. The number of hydrogen-bond donors (Lipinski definition) is 1. The topological polar surface area (TPSA) is 52.0 Å². The normalized spacial score (nSPS) is 11.0. The summed E-state index contributed by atoms with van der Waals surface area (Å²) in [6.07, 6.45) is 0. The van der Waals surface area contributed by atoms with E-state index in [1.165, 1.54) is 0 Å². The first kappa shape index (κ1) is 11.1. The summed E-state index contributed by atoms with van der Waals surface area (Å²) in [4.78, 5) is 4.44. The van der Waals surface area contributed by atoms with Gasteiger partial charge in [-0.05, 0) is 42.8 Å². The smallest absolute Gasteiger partial charge is 0.227 e. The second-order valence-electron chi connectivity index (χ2n) is 4.21. The van der Waals surface area contributed by atoms with Crippen LogP contribution in [0.5, 0.6) is 0 Å². The number of nitrogen functional groups attached to an aromatic ring is 1. The van der Waals surface area contributed by atoms with Crippen LogP contribution in [0.4, 0.5) is 5.69 Å². The first-order chi connectivity index (χ1) is 8.63. The number of rotatable bonds is 1. The standard InChI is InChI=1S/C14H11ClN2O/c1-8-2-4-10(16)7-11(8)14-17-12-6-9(15)3-5-13(12)18-14/h2-7H,16H2,1H3. The fourth-order valence-corrected chi connectivity index (χ4v) is 2.05. The number of aromatic nitrogens is 1. The Morgan fingerprint density at radius 2 is 2.00 bits per heavy atom. The van der Waals surface area contributed by atoms with Crippen LogP contribution < -0.4 is 5.73 Å². The molecule has 0 saturated carbocycles. The van der Waals surface area contributed by atoms with E-state index in [4.69, 9.17) is 21.8 Å². The van der Waals surface area contributed by atoms with Gasteiger partial charge < -0.3 is 10.2 Å². The molecule has 0 atom stereocenters. The molecule has 90 valence electrons. The van der Waals surface area contributed by atoms with E-state index in [0.29, 0.717) is 16.6 Å². The van der Waals surface area contributed by atoms with Gasteiger partial charge >= 0.3 is 0 Å². The third-order valence-corrected chi connectivity index (χ3v) is 3.08. The molecule has 1 heterocycles. The number of oxazole rings is 1. The van der Waals surface area contributed by atoms with E-state index in [1.807, 2.05) is 31.2 Å². The van der Waals surface area contributed by atoms with Crippen LogP contribution in [0.3, 0.4) is 0 Å². The van der Waals surface area contributed by atoms with E-state index >= 15 is 0 Å². The van der Waals surface area contributed by atoms with Crippen LogP contribution in [0.15, 0.2) is 40.8 Å². The largest absolute Gasteiger partial charge is 0.436 e. The average Bonchev–Trinajstić information content (AvgIpc) is 2.74.